The average Bonchev–Trinajstić information content (AvgIpc) is 2.80. The molecular formula is C12H18F3NO2. The van der Waals surface area contributed by atoms with Gasteiger partial charge in [-0.3, -0.25) is 9.69 Å². The molecule has 1 aliphatic carbocycles. The van der Waals surface area contributed by atoms with Crippen LogP contribution in [0, 0.1) is 5.92 Å². The number of rotatable bonds is 2. The molecule has 0 radical (unpaired) electrons. The molecule has 1 heterocycles. The van der Waals surface area contributed by atoms with Gasteiger partial charge in [0, 0.05) is 0 Å². The molecule has 2 fully saturated rings. The first kappa shape index (κ1) is 13.6. The Balaban J connectivity index is 2.41. The zero-order valence-electron chi connectivity index (χ0n) is 10.2. The number of carboxylic acid groups (broad SMARTS) is 1. The van der Waals surface area contributed by atoms with Crippen LogP contribution in [0.4, 0.5) is 13.2 Å². The number of nitrogens with zero attached hydrogens (tertiary/aromatic N) is 1. The minimum atomic E-state index is -4.47. The number of carbonyl (C=O) groups is 1. The Morgan fingerprint density at radius 1 is 1.17 bits per heavy atom. The lowest BCUT2D eigenvalue weighted by Gasteiger charge is -2.49. The van der Waals surface area contributed by atoms with Crippen LogP contribution in [-0.2, 0) is 4.79 Å². The summed E-state index contributed by atoms with van der Waals surface area (Å²) in [6.45, 7) is 0.729. The van der Waals surface area contributed by atoms with E-state index in [1.165, 1.54) is 4.90 Å². The van der Waals surface area contributed by atoms with Crippen molar-refractivity contribution in [2.24, 2.45) is 5.92 Å². The average molecular weight is 265 g/mol. The molecule has 6 heteroatoms. The van der Waals surface area contributed by atoms with Crippen LogP contribution < -0.4 is 0 Å². The first-order chi connectivity index (χ1) is 8.39. The highest BCUT2D eigenvalue weighted by atomic mass is 19.4. The molecule has 1 N–H and O–H groups in total. The van der Waals surface area contributed by atoms with E-state index < -0.39 is 23.6 Å². The highest BCUT2D eigenvalue weighted by Gasteiger charge is 2.65. The van der Waals surface area contributed by atoms with Gasteiger partial charge in [-0.1, -0.05) is 12.8 Å². The SMILES string of the molecule is O=C(O)C1CCCCC1(N1CCCC1)C(F)(F)F. The summed E-state index contributed by atoms with van der Waals surface area (Å²) in [5.41, 5.74) is -2.13. The molecule has 104 valence electrons. The summed E-state index contributed by atoms with van der Waals surface area (Å²) in [5.74, 6) is -2.62. The Hall–Kier alpha value is -0.780. The van der Waals surface area contributed by atoms with Crippen LogP contribution in [0.2, 0.25) is 0 Å². The van der Waals surface area contributed by atoms with E-state index in [1.807, 2.05) is 0 Å². The molecule has 2 aliphatic rings. The third-order valence-electron chi connectivity index (χ3n) is 4.34. The molecule has 1 saturated carbocycles. The zero-order valence-corrected chi connectivity index (χ0v) is 10.2. The molecule has 0 aromatic carbocycles. The standard InChI is InChI=1S/C12H18F3NO2/c13-12(14,15)11(16-7-3-4-8-16)6-2-1-5-9(11)10(17)18/h9H,1-8H2,(H,17,18). The van der Waals surface area contributed by atoms with Crippen LogP contribution in [0.15, 0.2) is 0 Å². The fourth-order valence-electron chi connectivity index (χ4n) is 3.50. The molecule has 0 amide bonds. The third-order valence-corrected chi connectivity index (χ3v) is 4.34. The van der Waals surface area contributed by atoms with Crippen molar-refractivity contribution < 1.29 is 23.1 Å². The number of carboxylic acids is 1. The van der Waals surface area contributed by atoms with E-state index in [0.717, 1.165) is 12.8 Å². The molecule has 18 heavy (non-hydrogen) atoms. The molecule has 0 aromatic rings. The second-order valence-corrected chi connectivity index (χ2v) is 5.25. The van der Waals surface area contributed by atoms with Crippen molar-refractivity contribution in [1.29, 1.82) is 0 Å². The molecule has 0 spiro atoms. The fourth-order valence-corrected chi connectivity index (χ4v) is 3.50. The summed E-state index contributed by atoms with van der Waals surface area (Å²) >= 11 is 0. The number of halogens is 3. The van der Waals surface area contributed by atoms with Crippen LogP contribution in [0.3, 0.4) is 0 Å². The maximum atomic E-state index is 13.6. The topological polar surface area (TPSA) is 40.5 Å². The molecule has 2 atom stereocenters. The summed E-state index contributed by atoms with van der Waals surface area (Å²) in [4.78, 5) is 12.6. The lowest BCUT2D eigenvalue weighted by atomic mass is 9.71. The monoisotopic (exact) mass is 265 g/mol. The predicted molar refractivity (Wildman–Crippen MR) is 59.2 cm³/mol. The van der Waals surface area contributed by atoms with Gasteiger partial charge >= 0.3 is 12.1 Å². The number of likely N-dealkylation sites (tertiary alicyclic amines) is 1. The van der Waals surface area contributed by atoms with Crippen molar-refractivity contribution in [2.75, 3.05) is 13.1 Å². The largest absolute Gasteiger partial charge is 0.481 e. The summed E-state index contributed by atoms with van der Waals surface area (Å²) in [6.07, 6.45) is -1.93. The van der Waals surface area contributed by atoms with Crippen molar-refractivity contribution in [3.05, 3.63) is 0 Å². The number of hydrogen-bond donors (Lipinski definition) is 1. The Bertz CT molecular complexity index is 326. The second kappa shape index (κ2) is 4.72. The van der Waals surface area contributed by atoms with Gasteiger partial charge in [0.05, 0.1) is 5.92 Å². The quantitative estimate of drug-likeness (QED) is 0.834. The Morgan fingerprint density at radius 2 is 1.78 bits per heavy atom. The van der Waals surface area contributed by atoms with Gasteiger partial charge in [-0.25, -0.2) is 0 Å². The van der Waals surface area contributed by atoms with Gasteiger partial charge in [0.25, 0.3) is 0 Å². The number of aliphatic carboxylic acids is 1. The van der Waals surface area contributed by atoms with Gasteiger partial charge in [-0.2, -0.15) is 13.2 Å². The number of alkyl halides is 3. The lowest BCUT2D eigenvalue weighted by Crippen LogP contribution is -2.65. The first-order valence-electron chi connectivity index (χ1n) is 6.44. The van der Waals surface area contributed by atoms with Crippen LogP contribution >= 0.6 is 0 Å². The smallest absolute Gasteiger partial charge is 0.407 e. The van der Waals surface area contributed by atoms with Crippen LogP contribution in [0.5, 0.6) is 0 Å². The number of hydrogen-bond acceptors (Lipinski definition) is 2. The molecule has 2 rings (SSSR count). The van der Waals surface area contributed by atoms with Crippen LogP contribution in [0.1, 0.15) is 38.5 Å². The van der Waals surface area contributed by atoms with Crippen molar-refractivity contribution >= 4 is 5.97 Å². The van der Waals surface area contributed by atoms with Gasteiger partial charge in [-0.05, 0) is 38.8 Å². The van der Waals surface area contributed by atoms with Gasteiger partial charge in [-0.15, -0.1) is 0 Å². The summed E-state index contributed by atoms with van der Waals surface area (Å²) in [5, 5.41) is 9.17. The van der Waals surface area contributed by atoms with Crippen molar-refractivity contribution in [3.8, 4) is 0 Å². The first-order valence-corrected chi connectivity index (χ1v) is 6.44. The van der Waals surface area contributed by atoms with Crippen molar-refractivity contribution in [1.82, 2.24) is 4.90 Å². The summed E-state index contributed by atoms with van der Waals surface area (Å²) in [6, 6.07) is 0. The van der Waals surface area contributed by atoms with Gasteiger partial charge in [0.15, 0.2) is 0 Å². The molecule has 0 bridgehead atoms. The minimum absolute atomic E-state index is 0.0759. The van der Waals surface area contributed by atoms with Crippen molar-refractivity contribution in [2.45, 2.75) is 50.2 Å². The molecule has 2 unspecified atom stereocenters. The van der Waals surface area contributed by atoms with Crippen molar-refractivity contribution in [3.63, 3.8) is 0 Å². The van der Waals surface area contributed by atoms with Crippen LogP contribution in [0.25, 0.3) is 0 Å². The van der Waals surface area contributed by atoms with E-state index >= 15 is 0 Å². The Morgan fingerprint density at radius 3 is 2.28 bits per heavy atom. The zero-order chi connectivity index (χ0) is 13.4. The normalized spacial score (nSPS) is 34.7. The Kier molecular flexibility index (Phi) is 3.58. The van der Waals surface area contributed by atoms with E-state index in [2.05, 4.69) is 0 Å². The summed E-state index contributed by atoms with van der Waals surface area (Å²) < 4.78 is 40.7. The Labute approximate surface area is 104 Å². The molecule has 3 nitrogen and oxygen atoms in total. The molecule has 1 saturated heterocycles. The van der Waals surface area contributed by atoms with E-state index in [-0.39, 0.29) is 12.8 Å². The van der Waals surface area contributed by atoms with E-state index in [0.29, 0.717) is 25.9 Å². The summed E-state index contributed by atoms with van der Waals surface area (Å²) in [7, 11) is 0. The molecule has 1 aliphatic heterocycles. The highest BCUT2D eigenvalue weighted by molar-refractivity contribution is 5.72. The second-order valence-electron chi connectivity index (χ2n) is 5.25. The van der Waals surface area contributed by atoms with Gasteiger partial charge in [0.1, 0.15) is 5.54 Å². The highest BCUT2D eigenvalue weighted by Crippen LogP contribution is 2.50. The van der Waals surface area contributed by atoms with Gasteiger partial charge < -0.3 is 5.11 Å². The molecular weight excluding hydrogens is 247 g/mol. The van der Waals surface area contributed by atoms with Gasteiger partial charge in [0.2, 0.25) is 0 Å². The predicted octanol–water partition coefficient (Wildman–Crippen LogP) is 2.66. The van der Waals surface area contributed by atoms with E-state index in [1.54, 1.807) is 0 Å². The van der Waals surface area contributed by atoms with E-state index in [4.69, 9.17) is 0 Å². The van der Waals surface area contributed by atoms with Crippen LogP contribution in [-0.4, -0.2) is 40.8 Å². The minimum Gasteiger partial charge on any atom is -0.481 e. The van der Waals surface area contributed by atoms with E-state index in [9.17, 15) is 23.1 Å². The maximum absolute atomic E-state index is 13.6. The maximum Gasteiger partial charge on any atom is 0.407 e. The fraction of sp³-hybridized carbons (Fsp3) is 0.917. The lowest BCUT2D eigenvalue weighted by molar-refractivity contribution is -0.257. The molecule has 0 aromatic heterocycles. The third kappa shape index (κ3) is 2.00.